The molecule has 19 heavy (non-hydrogen) atoms. The molecule has 0 unspecified atom stereocenters. The van der Waals surface area contributed by atoms with Crippen LogP contribution in [0.1, 0.15) is 31.7 Å². The van der Waals surface area contributed by atoms with Gasteiger partial charge in [-0.05, 0) is 25.2 Å². The van der Waals surface area contributed by atoms with E-state index in [9.17, 15) is 4.79 Å². The fourth-order valence-corrected chi connectivity index (χ4v) is 2.85. The maximum Gasteiger partial charge on any atom is 0.217 e. The lowest BCUT2D eigenvalue weighted by Gasteiger charge is -2.33. The van der Waals surface area contributed by atoms with Gasteiger partial charge in [0.1, 0.15) is 17.3 Å². The molecule has 0 aromatic carbocycles. The molecule has 1 aromatic heterocycles. The van der Waals surface area contributed by atoms with Crippen molar-refractivity contribution in [2.45, 2.75) is 32.6 Å². The molecule has 0 radical (unpaired) electrons. The topological polar surface area (TPSA) is 72.1 Å². The largest absolute Gasteiger partial charge is 0.370 e. The number of amides is 1. The normalized spacial score (nSPS) is 16.6. The van der Waals surface area contributed by atoms with Gasteiger partial charge in [0.2, 0.25) is 5.91 Å². The van der Waals surface area contributed by atoms with Crippen LogP contribution in [0.5, 0.6) is 0 Å². The van der Waals surface area contributed by atoms with Crippen molar-refractivity contribution in [1.29, 1.82) is 0 Å². The third kappa shape index (κ3) is 3.35. The summed E-state index contributed by atoms with van der Waals surface area (Å²) < 4.78 is 0. The molecule has 5 nitrogen and oxygen atoms in total. The van der Waals surface area contributed by atoms with Crippen LogP contribution in [0.4, 0.5) is 5.82 Å². The first-order valence-corrected chi connectivity index (χ1v) is 7.02. The zero-order chi connectivity index (χ0) is 13.8. The SMILES string of the molecule is CCc1c(Cl)ncnc1N1CCC(CC(N)=O)CC1. The first-order chi connectivity index (χ1) is 9.11. The first-order valence-electron chi connectivity index (χ1n) is 6.64. The Bertz CT molecular complexity index is 458. The van der Waals surface area contributed by atoms with Crippen LogP contribution in [0, 0.1) is 5.92 Å². The van der Waals surface area contributed by atoms with Crippen LogP contribution in [-0.2, 0) is 11.2 Å². The monoisotopic (exact) mass is 282 g/mol. The van der Waals surface area contributed by atoms with Gasteiger partial charge in [-0.15, -0.1) is 0 Å². The molecule has 0 spiro atoms. The average Bonchev–Trinajstić information content (AvgIpc) is 2.38. The minimum Gasteiger partial charge on any atom is -0.370 e. The highest BCUT2D eigenvalue weighted by Gasteiger charge is 2.23. The molecule has 0 atom stereocenters. The molecule has 2 N–H and O–H groups in total. The molecule has 1 aliphatic rings. The highest BCUT2D eigenvalue weighted by molar-refractivity contribution is 6.30. The summed E-state index contributed by atoms with van der Waals surface area (Å²) in [5.41, 5.74) is 6.24. The molecule has 0 saturated carbocycles. The molecule has 1 fully saturated rings. The molecule has 0 aliphatic carbocycles. The second-order valence-corrected chi connectivity index (χ2v) is 5.28. The fraction of sp³-hybridized carbons (Fsp3) is 0.615. The number of carbonyl (C=O) groups excluding carboxylic acids is 1. The van der Waals surface area contributed by atoms with E-state index in [1.54, 1.807) is 0 Å². The lowest BCUT2D eigenvalue weighted by atomic mass is 9.93. The van der Waals surface area contributed by atoms with Gasteiger partial charge in [0.25, 0.3) is 0 Å². The molecule has 1 aliphatic heterocycles. The summed E-state index contributed by atoms with van der Waals surface area (Å²) in [5, 5.41) is 0.534. The van der Waals surface area contributed by atoms with E-state index in [0.29, 0.717) is 17.5 Å². The van der Waals surface area contributed by atoms with Crippen molar-refractivity contribution in [3.8, 4) is 0 Å². The van der Waals surface area contributed by atoms with Crippen LogP contribution in [0.25, 0.3) is 0 Å². The number of carbonyl (C=O) groups is 1. The van der Waals surface area contributed by atoms with E-state index in [-0.39, 0.29) is 5.91 Å². The van der Waals surface area contributed by atoms with Gasteiger partial charge in [0, 0.05) is 25.1 Å². The fourth-order valence-electron chi connectivity index (χ4n) is 2.59. The number of nitrogens with two attached hydrogens (primary N) is 1. The standard InChI is InChI=1S/C13H19ClN4O/c1-2-10-12(14)16-8-17-13(10)18-5-3-9(4-6-18)7-11(15)19/h8-9H,2-7H2,1H3,(H2,15,19). The van der Waals surface area contributed by atoms with Gasteiger partial charge in [-0.3, -0.25) is 4.79 Å². The maximum atomic E-state index is 10.9. The number of halogens is 1. The zero-order valence-corrected chi connectivity index (χ0v) is 11.9. The predicted molar refractivity (Wildman–Crippen MR) is 75.2 cm³/mol. The van der Waals surface area contributed by atoms with Gasteiger partial charge in [0.15, 0.2) is 0 Å². The number of anilines is 1. The molecule has 104 valence electrons. The van der Waals surface area contributed by atoms with Gasteiger partial charge in [-0.1, -0.05) is 18.5 Å². The summed E-state index contributed by atoms with van der Waals surface area (Å²) in [6.07, 6.45) is 4.74. The van der Waals surface area contributed by atoms with Gasteiger partial charge >= 0.3 is 0 Å². The molecule has 2 heterocycles. The second kappa shape index (κ2) is 6.19. The number of hydrogen-bond donors (Lipinski definition) is 1. The smallest absolute Gasteiger partial charge is 0.217 e. The molecule has 1 aromatic rings. The number of hydrogen-bond acceptors (Lipinski definition) is 4. The van der Waals surface area contributed by atoms with E-state index >= 15 is 0 Å². The summed E-state index contributed by atoms with van der Waals surface area (Å²) in [5.74, 6) is 1.12. The third-order valence-electron chi connectivity index (χ3n) is 3.63. The van der Waals surface area contributed by atoms with Crippen molar-refractivity contribution >= 4 is 23.3 Å². The Morgan fingerprint density at radius 3 is 2.74 bits per heavy atom. The third-order valence-corrected chi connectivity index (χ3v) is 3.95. The van der Waals surface area contributed by atoms with Crippen molar-refractivity contribution in [1.82, 2.24) is 9.97 Å². The van der Waals surface area contributed by atoms with Crippen LogP contribution in [0.3, 0.4) is 0 Å². The van der Waals surface area contributed by atoms with E-state index < -0.39 is 0 Å². The summed E-state index contributed by atoms with van der Waals surface area (Å²) >= 11 is 6.11. The van der Waals surface area contributed by atoms with Crippen molar-refractivity contribution in [3.05, 3.63) is 17.0 Å². The number of piperidine rings is 1. The summed E-state index contributed by atoms with van der Waals surface area (Å²) in [7, 11) is 0. The first kappa shape index (κ1) is 14.1. The quantitative estimate of drug-likeness (QED) is 0.855. The number of aromatic nitrogens is 2. The van der Waals surface area contributed by atoms with Gasteiger partial charge < -0.3 is 10.6 Å². The van der Waals surface area contributed by atoms with Crippen LogP contribution in [0.15, 0.2) is 6.33 Å². The Morgan fingerprint density at radius 1 is 1.47 bits per heavy atom. The summed E-state index contributed by atoms with van der Waals surface area (Å²) in [6.45, 7) is 3.82. The Morgan fingerprint density at radius 2 is 2.16 bits per heavy atom. The van der Waals surface area contributed by atoms with Crippen molar-refractivity contribution in [3.63, 3.8) is 0 Å². The molecule has 2 rings (SSSR count). The predicted octanol–water partition coefficient (Wildman–Crippen LogP) is 1.78. The Balaban J connectivity index is 2.05. The lowest BCUT2D eigenvalue weighted by Crippen LogP contribution is -2.36. The van der Waals surface area contributed by atoms with E-state index in [2.05, 4.69) is 14.9 Å². The van der Waals surface area contributed by atoms with Crippen LogP contribution in [0.2, 0.25) is 5.15 Å². The van der Waals surface area contributed by atoms with Gasteiger partial charge in [0.05, 0.1) is 0 Å². The number of primary amides is 1. The minimum absolute atomic E-state index is 0.210. The minimum atomic E-state index is -0.210. The Kier molecular flexibility index (Phi) is 4.58. The van der Waals surface area contributed by atoms with Crippen LogP contribution in [-0.4, -0.2) is 29.0 Å². The van der Waals surface area contributed by atoms with Crippen molar-refractivity contribution in [2.75, 3.05) is 18.0 Å². The van der Waals surface area contributed by atoms with E-state index in [0.717, 1.165) is 43.7 Å². The number of rotatable bonds is 4. The molecule has 1 amide bonds. The second-order valence-electron chi connectivity index (χ2n) is 4.92. The van der Waals surface area contributed by atoms with Crippen molar-refractivity contribution < 1.29 is 4.79 Å². The molecule has 0 bridgehead atoms. The highest BCUT2D eigenvalue weighted by atomic mass is 35.5. The Labute approximate surface area is 118 Å². The van der Waals surface area contributed by atoms with Crippen LogP contribution < -0.4 is 10.6 Å². The molecular weight excluding hydrogens is 264 g/mol. The highest BCUT2D eigenvalue weighted by Crippen LogP contribution is 2.28. The van der Waals surface area contributed by atoms with Crippen LogP contribution >= 0.6 is 11.6 Å². The molecule has 6 heteroatoms. The number of nitrogens with zero attached hydrogens (tertiary/aromatic N) is 3. The lowest BCUT2D eigenvalue weighted by molar-refractivity contribution is -0.119. The van der Waals surface area contributed by atoms with E-state index in [1.165, 1.54) is 6.33 Å². The summed E-state index contributed by atoms with van der Waals surface area (Å²) in [4.78, 5) is 21.5. The molecule has 1 saturated heterocycles. The van der Waals surface area contributed by atoms with Gasteiger partial charge in [-0.25, -0.2) is 9.97 Å². The molecular formula is C13H19ClN4O. The Hall–Kier alpha value is -1.36. The van der Waals surface area contributed by atoms with Crippen molar-refractivity contribution in [2.24, 2.45) is 11.7 Å². The van der Waals surface area contributed by atoms with Gasteiger partial charge in [-0.2, -0.15) is 0 Å². The maximum absolute atomic E-state index is 10.9. The van der Waals surface area contributed by atoms with E-state index in [1.807, 2.05) is 6.92 Å². The summed E-state index contributed by atoms with van der Waals surface area (Å²) in [6, 6.07) is 0. The zero-order valence-electron chi connectivity index (χ0n) is 11.1. The average molecular weight is 283 g/mol. The van der Waals surface area contributed by atoms with E-state index in [4.69, 9.17) is 17.3 Å².